The molecule has 5 nitrogen and oxygen atoms in total. The van der Waals surface area contributed by atoms with Crippen molar-refractivity contribution in [1.82, 2.24) is 5.32 Å². The summed E-state index contributed by atoms with van der Waals surface area (Å²) >= 11 is 0. The average Bonchev–Trinajstić information content (AvgIpc) is 2.54. The molecule has 1 aliphatic rings. The zero-order valence-corrected chi connectivity index (χ0v) is 13.6. The van der Waals surface area contributed by atoms with E-state index in [2.05, 4.69) is 5.32 Å². The number of amides is 1. The van der Waals surface area contributed by atoms with Gasteiger partial charge in [0.1, 0.15) is 18.8 Å². The van der Waals surface area contributed by atoms with Crippen LogP contribution in [0.5, 0.6) is 5.75 Å². The Kier molecular flexibility index (Phi) is 6.68. The molecule has 2 rings (SSSR count). The molecule has 1 heterocycles. The van der Waals surface area contributed by atoms with Crippen LogP contribution in [0, 0.1) is 6.92 Å². The molecule has 1 aromatic rings. The third-order valence-electron chi connectivity index (χ3n) is 3.97. The maximum atomic E-state index is 12.0. The minimum atomic E-state index is -0.475. The topological polar surface area (TPSA) is 52.0 Å². The van der Waals surface area contributed by atoms with Gasteiger partial charge in [0.15, 0.2) is 6.10 Å². The van der Waals surface area contributed by atoms with E-state index in [9.17, 15) is 4.79 Å². The Bertz CT molecular complexity index is 473. The van der Waals surface area contributed by atoms with E-state index in [0.29, 0.717) is 6.54 Å². The predicted molar refractivity (Wildman–Crippen MR) is 85.3 cm³/mol. The van der Waals surface area contributed by atoms with Gasteiger partial charge in [-0.3, -0.25) is 4.79 Å². The second kappa shape index (κ2) is 8.76. The highest BCUT2D eigenvalue weighted by molar-refractivity contribution is 5.80. The maximum absolute atomic E-state index is 12.0. The van der Waals surface area contributed by atoms with Crippen molar-refractivity contribution in [3.8, 4) is 5.75 Å². The van der Waals surface area contributed by atoms with Gasteiger partial charge in [-0.2, -0.15) is 0 Å². The van der Waals surface area contributed by atoms with Gasteiger partial charge in [0.2, 0.25) is 0 Å². The molecule has 0 aliphatic carbocycles. The van der Waals surface area contributed by atoms with Crippen LogP contribution in [-0.2, 0) is 9.53 Å². The van der Waals surface area contributed by atoms with E-state index in [-0.39, 0.29) is 5.91 Å². The summed E-state index contributed by atoms with van der Waals surface area (Å²) in [6, 6.07) is 7.74. The monoisotopic (exact) mass is 307 g/mol. The Hall–Kier alpha value is -1.59. The Balaban J connectivity index is 1.65. The number of nitrogens with one attached hydrogen (secondary N) is 2. The van der Waals surface area contributed by atoms with Crippen molar-refractivity contribution in [3.05, 3.63) is 29.8 Å². The van der Waals surface area contributed by atoms with Gasteiger partial charge in [-0.05, 0) is 25.5 Å². The SMILES string of the molecule is Cc1ccccc1O[C@@H](C)C(=O)NCCC[NH+]1CCOCC1. The molecule has 1 atom stereocenters. The van der Waals surface area contributed by atoms with Crippen LogP contribution >= 0.6 is 0 Å². The molecule has 0 saturated carbocycles. The first-order chi connectivity index (χ1) is 10.7. The first kappa shape index (κ1) is 16.8. The molecule has 0 aromatic heterocycles. The molecule has 5 heteroatoms. The number of para-hydroxylation sites is 1. The fraction of sp³-hybridized carbons (Fsp3) is 0.588. The van der Waals surface area contributed by atoms with E-state index in [4.69, 9.17) is 9.47 Å². The summed E-state index contributed by atoms with van der Waals surface area (Å²) in [5.74, 6) is 0.711. The van der Waals surface area contributed by atoms with Crippen LogP contribution < -0.4 is 15.0 Å². The minimum absolute atomic E-state index is 0.0553. The Labute approximate surface area is 132 Å². The van der Waals surface area contributed by atoms with Crippen LogP contribution in [0.4, 0.5) is 0 Å². The molecule has 0 bridgehead atoms. The summed E-state index contributed by atoms with van der Waals surface area (Å²) < 4.78 is 11.1. The normalized spacial score (nSPS) is 17.0. The van der Waals surface area contributed by atoms with E-state index in [1.54, 1.807) is 11.8 Å². The van der Waals surface area contributed by atoms with Crippen LogP contribution in [0.2, 0.25) is 0 Å². The first-order valence-electron chi connectivity index (χ1n) is 8.08. The zero-order chi connectivity index (χ0) is 15.8. The zero-order valence-electron chi connectivity index (χ0n) is 13.6. The smallest absolute Gasteiger partial charge is 0.260 e. The number of hydrogen-bond donors (Lipinski definition) is 2. The number of hydrogen-bond acceptors (Lipinski definition) is 3. The standard InChI is InChI=1S/C17H26N2O3/c1-14-6-3-4-7-16(14)22-15(2)17(20)18-8-5-9-19-10-12-21-13-11-19/h3-4,6-7,15H,5,8-13H2,1-2H3,(H,18,20)/p+1/t15-/m0/s1. The highest BCUT2D eigenvalue weighted by atomic mass is 16.5. The minimum Gasteiger partial charge on any atom is -0.481 e. The lowest BCUT2D eigenvalue weighted by Crippen LogP contribution is -3.14. The number of rotatable bonds is 7. The van der Waals surface area contributed by atoms with Crippen LogP contribution in [0.25, 0.3) is 0 Å². The van der Waals surface area contributed by atoms with Crippen molar-refractivity contribution < 1.29 is 19.2 Å². The summed E-state index contributed by atoms with van der Waals surface area (Å²) in [7, 11) is 0. The van der Waals surface area contributed by atoms with Gasteiger partial charge in [0.05, 0.1) is 19.8 Å². The van der Waals surface area contributed by atoms with Crippen molar-refractivity contribution >= 4 is 5.91 Å². The van der Waals surface area contributed by atoms with Crippen LogP contribution in [-0.4, -0.2) is 51.4 Å². The van der Waals surface area contributed by atoms with Crippen molar-refractivity contribution in [2.24, 2.45) is 0 Å². The highest BCUT2D eigenvalue weighted by Gasteiger charge is 2.16. The lowest BCUT2D eigenvalue weighted by Gasteiger charge is -2.23. The lowest BCUT2D eigenvalue weighted by molar-refractivity contribution is -0.908. The van der Waals surface area contributed by atoms with E-state index in [1.807, 2.05) is 31.2 Å². The number of benzene rings is 1. The molecular weight excluding hydrogens is 280 g/mol. The summed E-state index contributed by atoms with van der Waals surface area (Å²) in [5.41, 5.74) is 1.04. The van der Waals surface area contributed by atoms with E-state index < -0.39 is 6.10 Å². The van der Waals surface area contributed by atoms with E-state index in [0.717, 1.165) is 50.6 Å². The maximum Gasteiger partial charge on any atom is 0.260 e. The number of carbonyl (C=O) groups is 1. The van der Waals surface area contributed by atoms with Gasteiger partial charge in [0.25, 0.3) is 5.91 Å². The van der Waals surface area contributed by atoms with Gasteiger partial charge in [-0.25, -0.2) is 0 Å². The molecular formula is C17H27N2O3+. The van der Waals surface area contributed by atoms with Gasteiger partial charge in [-0.1, -0.05) is 18.2 Å². The number of aryl methyl sites for hydroxylation is 1. The molecule has 22 heavy (non-hydrogen) atoms. The Morgan fingerprint density at radius 3 is 2.82 bits per heavy atom. The van der Waals surface area contributed by atoms with Gasteiger partial charge < -0.3 is 19.7 Å². The molecule has 1 aliphatic heterocycles. The Morgan fingerprint density at radius 2 is 2.09 bits per heavy atom. The molecule has 2 N–H and O–H groups in total. The molecule has 1 aromatic carbocycles. The third kappa shape index (κ3) is 5.31. The largest absolute Gasteiger partial charge is 0.481 e. The summed E-state index contributed by atoms with van der Waals surface area (Å²) in [4.78, 5) is 13.6. The summed E-state index contributed by atoms with van der Waals surface area (Å²) in [6.45, 7) is 9.38. The van der Waals surface area contributed by atoms with Crippen molar-refractivity contribution in [3.63, 3.8) is 0 Å². The molecule has 1 fully saturated rings. The van der Waals surface area contributed by atoms with Crippen LogP contribution in [0.15, 0.2) is 24.3 Å². The highest BCUT2D eigenvalue weighted by Crippen LogP contribution is 2.17. The van der Waals surface area contributed by atoms with Crippen LogP contribution in [0.1, 0.15) is 18.9 Å². The number of quaternary nitrogens is 1. The average molecular weight is 307 g/mol. The van der Waals surface area contributed by atoms with Crippen molar-refractivity contribution in [1.29, 1.82) is 0 Å². The number of ether oxygens (including phenoxy) is 2. The number of carbonyl (C=O) groups excluding carboxylic acids is 1. The molecule has 1 amide bonds. The summed E-state index contributed by atoms with van der Waals surface area (Å²) in [5, 5.41) is 2.95. The van der Waals surface area contributed by atoms with Crippen molar-refractivity contribution in [2.75, 3.05) is 39.4 Å². The molecule has 0 radical (unpaired) electrons. The van der Waals surface area contributed by atoms with Crippen LogP contribution in [0.3, 0.4) is 0 Å². The van der Waals surface area contributed by atoms with Gasteiger partial charge in [-0.15, -0.1) is 0 Å². The third-order valence-corrected chi connectivity index (χ3v) is 3.97. The predicted octanol–water partition coefficient (Wildman–Crippen LogP) is 0.184. The first-order valence-corrected chi connectivity index (χ1v) is 8.08. The Morgan fingerprint density at radius 1 is 1.36 bits per heavy atom. The van der Waals surface area contributed by atoms with Gasteiger partial charge >= 0.3 is 0 Å². The summed E-state index contributed by atoms with van der Waals surface area (Å²) in [6.07, 6.45) is 0.509. The fourth-order valence-corrected chi connectivity index (χ4v) is 2.54. The quantitative estimate of drug-likeness (QED) is 0.707. The molecule has 0 unspecified atom stereocenters. The number of morpholine rings is 1. The van der Waals surface area contributed by atoms with E-state index in [1.165, 1.54) is 0 Å². The second-order valence-electron chi connectivity index (χ2n) is 5.78. The fourth-order valence-electron chi connectivity index (χ4n) is 2.54. The lowest BCUT2D eigenvalue weighted by atomic mass is 10.2. The van der Waals surface area contributed by atoms with Gasteiger partial charge in [0, 0.05) is 13.0 Å². The molecule has 0 spiro atoms. The van der Waals surface area contributed by atoms with Crippen molar-refractivity contribution in [2.45, 2.75) is 26.4 Å². The van der Waals surface area contributed by atoms with E-state index >= 15 is 0 Å². The second-order valence-corrected chi connectivity index (χ2v) is 5.78. The molecule has 1 saturated heterocycles. The molecule has 122 valence electrons.